The Morgan fingerprint density at radius 2 is 1.93 bits per heavy atom. The largest absolute Gasteiger partial charge is 0.439 e. The first-order valence-corrected chi connectivity index (χ1v) is 10.3. The van der Waals surface area contributed by atoms with Gasteiger partial charge in [0.1, 0.15) is 6.10 Å². The van der Waals surface area contributed by atoms with E-state index in [2.05, 4.69) is 20.9 Å². The zero-order valence-electron chi connectivity index (χ0n) is 15.5. The van der Waals surface area contributed by atoms with E-state index in [4.69, 9.17) is 4.74 Å². The molecule has 28 heavy (non-hydrogen) atoms. The van der Waals surface area contributed by atoms with Crippen molar-refractivity contribution in [2.75, 3.05) is 19.6 Å². The van der Waals surface area contributed by atoms with Gasteiger partial charge in [0.15, 0.2) is 0 Å². The summed E-state index contributed by atoms with van der Waals surface area (Å²) in [6.07, 6.45) is 4.87. The topological polar surface area (TPSA) is 62.7 Å². The summed E-state index contributed by atoms with van der Waals surface area (Å²) in [6.45, 7) is 1.89. The number of carbonyl (C=O) groups excluding carboxylic acids is 2. The molecule has 7 heteroatoms. The van der Waals surface area contributed by atoms with Crippen LogP contribution in [0.3, 0.4) is 0 Å². The summed E-state index contributed by atoms with van der Waals surface area (Å²) in [6, 6.07) is 11.9. The maximum atomic E-state index is 12.6. The number of hydrogen-bond donors (Lipinski definition) is 0. The van der Waals surface area contributed by atoms with E-state index < -0.39 is 0 Å². The Hall–Kier alpha value is -2.41. The zero-order chi connectivity index (χ0) is 19.5. The number of cyclic esters (lactones) is 1. The van der Waals surface area contributed by atoms with Crippen molar-refractivity contribution >= 4 is 27.9 Å². The molecule has 2 saturated heterocycles. The third kappa shape index (κ3) is 4.19. The van der Waals surface area contributed by atoms with Crippen molar-refractivity contribution in [1.29, 1.82) is 0 Å². The molecule has 146 valence electrons. The molecule has 1 unspecified atom stereocenters. The maximum absolute atomic E-state index is 12.6. The van der Waals surface area contributed by atoms with E-state index in [1.165, 1.54) is 0 Å². The molecule has 2 aromatic rings. The SMILES string of the molecule is O=C(Cc1cncc(Br)c1)N1CCC(N2CC(c3ccccc3)OC2=O)CC1. The molecule has 4 rings (SSSR count). The molecule has 1 aromatic carbocycles. The van der Waals surface area contributed by atoms with Crippen molar-refractivity contribution < 1.29 is 14.3 Å². The molecule has 0 radical (unpaired) electrons. The molecule has 2 aliphatic heterocycles. The number of piperidine rings is 1. The first-order valence-electron chi connectivity index (χ1n) is 9.49. The van der Waals surface area contributed by atoms with Gasteiger partial charge in [-0.15, -0.1) is 0 Å². The first-order chi connectivity index (χ1) is 13.6. The van der Waals surface area contributed by atoms with Gasteiger partial charge >= 0.3 is 6.09 Å². The highest BCUT2D eigenvalue weighted by Gasteiger charge is 2.38. The number of rotatable bonds is 4. The van der Waals surface area contributed by atoms with E-state index in [0.717, 1.165) is 28.4 Å². The van der Waals surface area contributed by atoms with Crippen LogP contribution in [0.2, 0.25) is 0 Å². The van der Waals surface area contributed by atoms with Gasteiger partial charge in [0.05, 0.1) is 13.0 Å². The molecule has 0 bridgehead atoms. The minimum atomic E-state index is -0.251. The first kappa shape index (κ1) is 18.9. The average Bonchev–Trinajstić information content (AvgIpc) is 3.10. The Balaban J connectivity index is 1.31. The van der Waals surface area contributed by atoms with Gasteiger partial charge < -0.3 is 14.5 Å². The van der Waals surface area contributed by atoms with Crippen LogP contribution >= 0.6 is 15.9 Å². The minimum Gasteiger partial charge on any atom is -0.439 e. The maximum Gasteiger partial charge on any atom is 0.410 e. The summed E-state index contributed by atoms with van der Waals surface area (Å²) >= 11 is 3.38. The third-order valence-electron chi connectivity index (χ3n) is 5.39. The fourth-order valence-corrected chi connectivity index (χ4v) is 4.30. The third-order valence-corrected chi connectivity index (χ3v) is 5.82. The van der Waals surface area contributed by atoms with E-state index in [-0.39, 0.29) is 24.1 Å². The highest BCUT2D eigenvalue weighted by atomic mass is 79.9. The smallest absolute Gasteiger partial charge is 0.410 e. The second-order valence-corrected chi connectivity index (χ2v) is 8.15. The van der Waals surface area contributed by atoms with Gasteiger partial charge in [-0.2, -0.15) is 0 Å². The van der Waals surface area contributed by atoms with Crippen molar-refractivity contribution in [1.82, 2.24) is 14.8 Å². The van der Waals surface area contributed by atoms with Crippen LogP contribution in [0.4, 0.5) is 4.79 Å². The molecule has 0 aliphatic carbocycles. The van der Waals surface area contributed by atoms with Gasteiger partial charge in [-0.05, 0) is 46.0 Å². The summed E-state index contributed by atoms with van der Waals surface area (Å²) < 4.78 is 6.45. The molecule has 0 N–H and O–H groups in total. The lowest BCUT2D eigenvalue weighted by Gasteiger charge is -2.35. The van der Waals surface area contributed by atoms with Gasteiger partial charge in [-0.3, -0.25) is 9.78 Å². The quantitative estimate of drug-likeness (QED) is 0.724. The van der Waals surface area contributed by atoms with Crippen LogP contribution in [0.15, 0.2) is 53.3 Å². The molecule has 2 fully saturated rings. The summed E-state index contributed by atoms with van der Waals surface area (Å²) in [5.74, 6) is 0.101. The average molecular weight is 444 g/mol. The number of amides is 2. The van der Waals surface area contributed by atoms with Gasteiger partial charge in [-0.25, -0.2) is 4.79 Å². The number of aromatic nitrogens is 1. The van der Waals surface area contributed by atoms with Crippen LogP contribution in [-0.2, 0) is 16.0 Å². The number of carbonyl (C=O) groups is 2. The standard InChI is InChI=1S/C21H22BrN3O3/c22-17-10-15(12-23-13-17)11-20(26)24-8-6-18(7-9-24)25-14-19(28-21(25)27)16-4-2-1-3-5-16/h1-5,10,12-13,18-19H,6-9,11,14H2. The normalized spacial score (nSPS) is 20.3. The van der Waals surface area contributed by atoms with Crippen molar-refractivity contribution in [3.63, 3.8) is 0 Å². The summed E-state index contributed by atoms with van der Waals surface area (Å²) in [5.41, 5.74) is 1.92. The van der Waals surface area contributed by atoms with Crippen LogP contribution in [0.5, 0.6) is 0 Å². The summed E-state index contributed by atoms with van der Waals surface area (Å²) in [5, 5.41) is 0. The fraction of sp³-hybridized carbons (Fsp3) is 0.381. The zero-order valence-corrected chi connectivity index (χ0v) is 17.0. The molecule has 0 saturated carbocycles. The molecule has 1 aromatic heterocycles. The number of pyridine rings is 1. The van der Waals surface area contributed by atoms with Crippen molar-refractivity contribution in [3.05, 3.63) is 64.4 Å². The Labute approximate surface area is 172 Å². The Morgan fingerprint density at radius 3 is 2.64 bits per heavy atom. The molecule has 2 amide bonds. The molecular formula is C21H22BrN3O3. The molecule has 3 heterocycles. The predicted molar refractivity (Wildman–Crippen MR) is 108 cm³/mol. The lowest BCUT2D eigenvalue weighted by molar-refractivity contribution is -0.131. The number of benzene rings is 1. The summed E-state index contributed by atoms with van der Waals surface area (Å²) in [7, 11) is 0. The van der Waals surface area contributed by atoms with Crippen LogP contribution in [0.25, 0.3) is 0 Å². The molecular weight excluding hydrogens is 422 g/mol. The Kier molecular flexibility index (Phi) is 5.62. The number of ether oxygens (including phenoxy) is 1. The monoisotopic (exact) mass is 443 g/mol. The number of hydrogen-bond acceptors (Lipinski definition) is 4. The molecule has 2 aliphatic rings. The van der Waals surface area contributed by atoms with E-state index in [1.54, 1.807) is 12.4 Å². The predicted octanol–water partition coefficient (Wildman–Crippen LogP) is 3.57. The lowest BCUT2D eigenvalue weighted by Crippen LogP contribution is -2.47. The van der Waals surface area contributed by atoms with Gasteiger partial charge in [-0.1, -0.05) is 30.3 Å². The van der Waals surface area contributed by atoms with Crippen molar-refractivity contribution in [3.8, 4) is 0 Å². The van der Waals surface area contributed by atoms with Crippen LogP contribution in [-0.4, -0.2) is 52.5 Å². The van der Waals surface area contributed by atoms with Gasteiger partial charge in [0.25, 0.3) is 0 Å². The number of halogens is 1. The summed E-state index contributed by atoms with van der Waals surface area (Å²) in [4.78, 5) is 32.8. The fourth-order valence-electron chi connectivity index (χ4n) is 3.89. The van der Waals surface area contributed by atoms with E-state index in [9.17, 15) is 9.59 Å². The Bertz CT molecular complexity index is 853. The highest BCUT2D eigenvalue weighted by molar-refractivity contribution is 9.10. The van der Waals surface area contributed by atoms with Crippen molar-refractivity contribution in [2.24, 2.45) is 0 Å². The van der Waals surface area contributed by atoms with Gasteiger partial charge in [0, 0.05) is 36.0 Å². The molecule has 6 nitrogen and oxygen atoms in total. The van der Waals surface area contributed by atoms with Crippen LogP contribution < -0.4 is 0 Å². The second kappa shape index (κ2) is 8.31. The van der Waals surface area contributed by atoms with E-state index in [1.807, 2.05) is 46.2 Å². The van der Waals surface area contributed by atoms with Gasteiger partial charge in [0.2, 0.25) is 5.91 Å². The van der Waals surface area contributed by atoms with E-state index in [0.29, 0.717) is 26.1 Å². The molecule has 1 atom stereocenters. The van der Waals surface area contributed by atoms with Crippen LogP contribution in [0.1, 0.15) is 30.1 Å². The van der Waals surface area contributed by atoms with Crippen LogP contribution in [0, 0.1) is 0 Å². The lowest BCUT2D eigenvalue weighted by atomic mass is 10.0. The second-order valence-electron chi connectivity index (χ2n) is 7.24. The number of nitrogens with zero attached hydrogens (tertiary/aromatic N) is 3. The Morgan fingerprint density at radius 1 is 1.18 bits per heavy atom. The van der Waals surface area contributed by atoms with Crippen molar-refractivity contribution in [2.45, 2.75) is 31.4 Å². The van der Waals surface area contributed by atoms with E-state index >= 15 is 0 Å². The molecule has 0 spiro atoms. The number of likely N-dealkylation sites (tertiary alicyclic amines) is 1. The highest BCUT2D eigenvalue weighted by Crippen LogP contribution is 2.30. The minimum absolute atomic E-state index is 0.101.